The van der Waals surface area contributed by atoms with E-state index < -0.39 is 0 Å². The third-order valence-corrected chi connectivity index (χ3v) is 6.04. The van der Waals surface area contributed by atoms with Crippen LogP contribution in [-0.4, -0.2) is 5.78 Å². The van der Waals surface area contributed by atoms with Crippen molar-refractivity contribution in [3.05, 3.63) is 0 Å². The highest BCUT2D eigenvalue weighted by Crippen LogP contribution is 2.51. The lowest BCUT2D eigenvalue weighted by molar-refractivity contribution is -0.126. The number of fused-ring (bicyclic) bond motifs is 2. The summed E-state index contributed by atoms with van der Waals surface area (Å²) in [6, 6.07) is 0. The molecule has 0 aliphatic heterocycles. The Morgan fingerprint density at radius 3 is 2.67 bits per heavy atom. The van der Waals surface area contributed by atoms with Crippen LogP contribution in [0.25, 0.3) is 0 Å². The van der Waals surface area contributed by atoms with Crippen molar-refractivity contribution < 1.29 is 4.79 Å². The van der Waals surface area contributed by atoms with Crippen LogP contribution in [0, 0.1) is 29.6 Å². The summed E-state index contributed by atoms with van der Waals surface area (Å²) in [5.41, 5.74) is 0. The first-order valence-electron chi connectivity index (χ1n) is 8.29. The van der Waals surface area contributed by atoms with E-state index in [1.165, 1.54) is 57.8 Å². The lowest BCUT2D eigenvalue weighted by atomic mass is 9.72. The number of rotatable bonds is 4. The van der Waals surface area contributed by atoms with Crippen LogP contribution in [0.1, 0.15) is 71.1 Å². The molecule has 0 spiro atoms. The molecule has 0 saturated heterocycles. The summed E-state index contributed by atoms with van der Waals surface area (Å²) in [7, 11) is 0. The van der Waals surface area contributed by atoms with Gasteiger partial charge in [-0.3, -0.25) is 4.79 Å². The number of carbonyl (C=O) groups excluding carboxylic acids is 1. The van der Waals surface area contributed by atoms with E-state index in [9.17, 15) is 4.79 Å². The Kier molecular flexibility index (Phi) is 3.77. The minimum absolute atomic E-state index is 0.444. The maximum Gasteiger partial charge on any atom is 0.136 e. The van der Waals surface area contributed by atoms with Gasteiger partial charge in [0.05, 0.1) is 0 Å². The summed E-state index contributed by atoms with van der Waals surface area (Å²) in [5, 5.41) is 0. The van der Waals surface area contributed by atoms with Crippen molar-refractivity contribution in [1.82, 2.24) is 0 Å². The molecule has 0 aromatic rings. The Hall–Kier alpha value is -0.330. The fraction of sp³-hybridized carbons (Fsp3) is 0.941. The maximum atomic E-state index is 12.1. The van der Waals surface area contributed by atoms with Crippen molar-refractivity contribution in [2.24, 2.45) is 29.6 Å². The van der Waals surface area contributed by atoms with Gasteiger partial charge in [0.25, 0.3) is 0 Å². The molecule has 1 nitrogen and oxygen atoms in total. The molecule has 5 unspecified atom stereocenters. The zero-order chi connectivity index (χ0) is 12.5. The van der Waals surface area contributed by atoms with Crippen LogP contribution >= 0.6 is 0 Å². The van der Waals surface area contributed by atoms with E-state index in [0.717, 1.165) is 30.1 Å². The summed E-state index contributed by atoms with van der Waals surface area (Å²) >= 11 is 0. The molecule has 3 aliphatic rings. The molecular formula is C17H28O. The standard InChI is InChI=1S/C17H28O/c1-2-3-12-5-7-17(18)16(8-12)11-15-10-13-4-6-14(15)9-13/h12-16H,2-11H2,1H3. The van der Waals surface area contributed by atoms with Gasteiger partial charge in [0, 0.05) is 12.3 Å². The third kappa shape index (κ3) is 2.51. The lowest BCUT2D eigenvalue weighted by Crippen LogP contribution is -2.28. The average Bonchev–Trinajstić information content (AvgIpc) is 2.96. The highest BCUT2D eigenvalue weighted by Gasteiger charge is 2.41. The summed E-state index contributed by atoms with van der Waals surface area (Å²) in [4.78, 5) is 12.1. The Morgan fingerprint density at radius 2 is 2.00 bits per heavy atom. The largest absolute Gasteiger partial charge is 0.299 e. The zero-order valence-corrected chi connectivity index (χ0v) is 11.9. The first-order valence-corrected chi connectivity index (χ1v) is 8.29. The van der Waals surface area contributed by atoms with Crippen LogP contribution in [0.15, 0.2) is 0 Å². The molecule has 18 heavy (non-hydrogen) atoms. The Labute approximate surface area is 112 Å². The van der Waals surface area contributed by atoms with E-state index in [0.29, 0.717) is 11.7 Å². The second-order valence-corrected chi connectivity index (χ2v) is 7.26. The number of hydrogen-bond donors (Lipinski definition) is 0. The molecule has 0 radical (unpaired) electrons. The van der Waals surface area contributed by atoms with Gasteiger partial charge in [0.1, 0.15) is 5.78 Å². The van der Waals surface area contributed by atoms with Crippen molar-refractivity contribution in [3.63, 3.8) is 0 Å². The molecule has 3 fully saturated rings. The monoisotopic (exact) mass is 248 g/mol. The normalized spacial score (nSPS) is 43.6. The Bertz CT molecular complexity index is 309. The van der Waals surface area contributed by atoms with Crippen molar-refractivity contribution in [3.8, 4) is 0 Å². The third-order valence-electron chi connectivity index (χ3n) is 6.04. The predicted molar refractivity (Wildman–Crippen MR) is 74.3 cm³/mol. The van der Waals surface area contributed by atoms with Crippen LogP contribution in [0.2, 0.25) is 0 Å². The van der Waals surface area contributed by atoms with Gasteiger partial charge in [0.2, 0.25) is 0 Å². The van der Waals surface area contributed by atoms with Gasteiger partial charge in [-0.2, -0.15) is 0 Å². The van der Waals surface area contributed by atoms with E-state index in [1.807, 2.05) is 0 Å². The molecular weight excluding hydrogens is 220 g/mol. The SMILES string of the molecule is CCCC1CCC(=O)C(CC2CC3CCC2C3)C1. The Morgan fingerprint density at radius 1 is 1.11 bits per heavy atom. The molecule has 0 aromatic heterocycles. The fourth-order valence-electron chi connectivity index (χ4n) is 5.13. The smallest absolute Gasteiger partial charge is 0.136 e. The summed E-state index contributed by atoms with van der Waals surface area (Å²) < 4.78 is 0. The molecule has 0 amide bonds. The topological polar surface area (TPSA) is 17.1 Å². The van der Waals surface area contributed by atoms with E-state index in [4.69, 9.17) is 0 Å². The highest BCUT2D eigenvalue weighted by atomic mass is 16.1. The average molecular weight is 248 g/mol. The molecule has 102 valence electrons. The van der Waals surface area contributed by atoms with Crippen molar-refractivity contribution in [2.75, 3.05) is 0 Å². The van der Waals surface area contributed by atoms with Gasteiger partial charge in [-0.05, 0) is 62.2 Å². The van der Waals surface area contributed by atoms with Crippen LogP contribution < -0.4 is 0 Å². The van der Waals surface area contributed by atoms with Gasteiger partial charge in [-0.1, -0.05) is 26.2 Å². The molecule has 3 saturated carbocycles. The number of hydrogen-bond acceptors (Lipinski definition) is 1. The van der Waals surface area contributed by atoms with Crippen LogP contribution in [0.3, 0.4) is 0 Å². The quantitative estimate of drug-likeness (QED) is 0.710. The molecule has 0 N–H and O–H groups in total. The van der Waals surface area contributed by atoms with Crippen LogP contribution in [-0.2, 0) is 4.79 Å². The van der Waals surface area contributed by atoms with E-state index in [1.54, 1.807) is 0 Å². The predicted octanol–water partition coefficient (Wildman–Crippen LogP) is 4.60. The van der Waals surface area contributed by atoms with Gasteiger partial charge < -0.3 is 0 Å². The first-order chi connectivity index (χ1) is 8.76. The number of carbonyl (C=O) groups is 1. The molecule has 0 aromatic carbocycles. The fourth-order valence-corrected chi connectivity index (χ4v) is 5.13. The second-order valence-electron chi connectivity index (χ2n) is 7.26. The summed E-state index contributed by atoms with van der Waals surface area (Å²) in [5.74, 6) is 4.85. The molecule has 1 heteroatoms. The summed E-state index contributed by atoms with van der Waals surface area (Å²) in [6.07, 6.45) is 13.1. The number of ketones is 1. The molecule has 5 atom stereocenters. The van der Waals surface area contributed by atoms with Crippen molar-refractivity contribution in [2.45, 2.75) is 71.1 Å². The molecule has 2 bridgehead atoms. The van der Waals surface area contributed by atoms with Crippen LogP contribution in [0.4, 0.5) is 0 Å². The van der Waals surface area contributed by atoms with Crippen molar-refractivity contribution in [1.29, 1.82) is 0 Å². The van der Waals surface area contributed by atoms with E-state index in [2.05, 4.69) is 6.92 Å². The summed E-state index contributed by atoms with van der Waals surface area (Å²) in [6.45, 7) is 2.28. The van der Waals surface area contributed by atoms with Gasteiger partial charge in [-0.15, -0.1) is 0 Å². The number of Topliss-reactive ketones (excluding diaryl/α,β-unsaturated/α-hetero) is 1. The molecule has 3 rings (SSSR count). The second kappa shape index (κ2) is 5.35. The van der Waals surface area contributed by atoms with Gasteiger partial charge in [-0.25, -0.2) is 0 Å². The van der Waals surface area contributed by atoms with Crippen molar-refractivity contribution >= 4 is 5.78 Å². The maximum absolute atomic E-state index is 12.1. The Balaban J connectivity index is 1.55. The van der Waals surface area contributed by atoms with Gasteiger partial charge in [0.15, 0.2) is 0 Å². The molecule has 3 aliphatic carbocycles. The van der Waals surface area contributed by atoms with Crippen LogP contribution in [0.5, 0.6) is 0 Å². The minimum Gasteiger partial charge on any atom is -0.299 e. The highest BCUT2D eigenvalue weighted by molar-refractivity contribution is 5.81. The molecule has 0 heterocycles. The van der Waals surface area contributed by atoms with E-state index >= 15 is 0 Å². The lowest BCUT2D eigenvalue weighted by Gasteiger charge is -2.32. The van der Waals surface area contributed by atoms with Gasteiger partial charge >= 0.3 is 0 Å². The first kappa shape index (κ1) is 12.7. The van der Waals surface area contributed by atoms with E-state index in [-0.39, 0.29) is 0 Å². The zero-order valence-electron chi connectivity index (χ0n) is 11.9. The minimum atomic E-state index is 0.444.